The van der Waals surface area contributed by atoms with Crippen molar-refractivity contribution in [2.45, 2.75) is 20.3 Å². The normalized spacial score (nSPS) is 9.82. The number of carbonyl (C=O) groups is 1. The number of carbonyl (C=O) groups excluding carboxylic acids is 1. The molecule has 1 amide bonds. The fourth-order valence-corrected chi connectivity index (χ4v) is 1.53. The molecule has 17 heavy (non-hydrogen) atoms. The van der Waals surface area contributed by atoms with Gasteiger partial charge in [0.2, 0.25) is 5.91 Å². The van der Waals surface area contributed by atoms with Crippen LogP contribution in [0, 0.1) is 6.92 Å². The van der Waals surface area contributed by atoms with Crippen LogP contribution in [0.2, 0.25) is 0 Å². The molecule has 0 spiro atoms. The maximum Gasteiger partial charge on any atom is 0.224 e. The predicted octanol–water partition coefficient (Wildman–Crippen LogP) is 2.24. The van der Waals surface area contributed by atoms with Gasteiger partial charge in [0.1, 0.15) is 5.75 Å². The van der Waals surface area contributed by atoms with E-state index in [4.69, 9.17) is 4.74 Å². The Morgan fingerprint density at radius 2 is 2.18 bits per heavy atom. The monoisotopic (exact) mass is 233 g/mol. The fraction of sp³-hybridized carbons (Fsp3) is 0.357. The molecular weight excluding hydrogens is 214 g/mol. The lowest BCUT2D eigenvalue weighted by Crippen LogP contribution is -2.26. The third-order valence-corrected chi connectivity index (χ3v) is 2.37. The highest BCUT2D eigenvalue weighted by Crippen LogP contribution is 2.19. The molecule has 0 heterocycles. The Morgan fingerprint density at radius 3 is 2.76 bits per heavy atom. The van der Waals surface area contributed by atoms with E-state index < -0.39 is 0 Å². The summed E-state index contributed by atoms with van der Waals surface area (Å²) < 4.78 is 5.23. The highest BCUT2D eigenvalue weighted by atomic mass is 16.5. The summed E-state index contributed by atoms with van der Waals surface area (Å²) in [6, 6.07) is 5.82. The van der Waals surface area contributed by atoms with Gasteiger partial charge in [-0.25, -0.2) is 0 Å². The van der Waals surface area contributed by atoms with E-state index in [0.29, 0.717) is 13.0 Å². The molecule has 1 aromatic rings. The first kappa shape index (κ1) is 13.3. The molecule has 0 unspecified atom stereocenters. The summed E-state index contributed by atoms with van der Waals surface area (Å²) in [7, 11) is 1.61. The van der Waals surface area contributed by atoms with Gasteiger partial charge >= 0.3 is 0 Å². The topological polar surface area (TPSA) is 38.3 Å². The number of benzene rings is 1. The fourth-order valence-electron chi connectivity index (χ4n) is 1.53. The second-order valence-corrected chi connectivity index (χ2v) is 4.23. The standard InChI is InChI=1S/C14H19NO2/c1-10(2)9-15-14(16)8-12-7-11(3)5-6-13(12)17-4/h5-7H,1,8-9H2,2-4H3,(H,15,16). The molecule has 0 aromatic heterocycles. The second-order valence-electron chi connectivity index (χ2n) is 4.23. The molecule has 0 aliphatic carbocycles. The molecule has 3 nitrogen and oxygen atoms in total. The number of hydrogen-bond donors (Lipinski definition) is 1. The van der Waals surface area contributed by atoms with E-state index in [9.17, 15) is 4.79 Å². The van der Waals surface area contributed by atoms with Crippen molar-refractivity contribution in [2.75, 3.05) is 13.7 Å². The zero-order chi connectivity index (χ0) is 12.8. The Morgan fingerprint density at radius 1 is 1.47 bits per heavy atom. The summed E-state index contributed by atoms with van der Waals surface area (Å²) in [6.45, 7) is 8.14. The average molecular weight is 233 g/mol. The van der Waals surface area contributed by atoms with Crippen molar-refractivity contribution in [1.82, 2.24) is 5.32 Å². The van der Waals surface area contributed by atoms with Crippen molar-refractivity contribution >= 4 is 5.91 Å². The van der Waals surface area contributed by atoms with Crippen LogP contribution in [0.5, 0.6) is 5.75 Å². The number of nitrogens with one attached hydrogen (secondary N) is 1. The molecule has 0 saturated heterocycles. The minimum absolute atomic E-state index is 0.0168. The van der Waals surface area contributed by atoms with Crippen LogP contribution in [-0.2, 0) is 11.2 Å². The molecule has 92 valence electrons. The van der Waals surface area contributed by atoms with Crippen LogP contribution in [0.25, 0.3) is 0 Å². The average Bonchev–Trinajstić information content (AvgIpc) is 2.27. The highest BCUT2D eigenvalue weighted by Gasteiger charge is 2.08. The molecule has 1 rings (SSSR count). The molecule has 3 heteroatoms. The predicted molar refractivity (Wildman–Crippen MR) is 69.3 cm³/mol. The molecule has 1 N–H and O–H groups in total. The third kappa shape index (κ3) is 4.31. The van der Waals surface area contributed by atoms with Gasteiger partial charge in [0.15, 0.2) is 0 Å². The first-order valence-corrected chi connectivity index (χ1v) is 5.57. The van der Waals surface area contributed by atoms with Crippen LogP contribution in [-0.4, -0.2) is 19.6 Å². The highest BCUT2D eigenvalue weighted by molar-refractivity contribution is 5.79. The van der Waals surface area contributed by atoms with E-state index in [0.717, 1.165) is 22.4 Å². The van der Waals surface area contributed by atoms with E-state index in [-0.39, 0.29) is 5.91 Å². The third-order valence-electron chi connectivity index (χ3n) is 2.37. The van der Waals surface area contributed by atoms with Crippen LogP contribution < -0.4 is 10.1 Å². The summed E-state index contributed by atoms with van der Waals surface area (Å²) in [4.78, 5) is 11.7. The van der Waals surface area contributed by atoms with Crippen LogP contribution in [0.1, 0.15) is 18.1 Å². The number of methoxy groups -OCH3 is 1. The van der Waals surface area contributed by atoms with Gasteiger partial charge in [-0.2, -0.15) is 0 Å². The quantitative estimate of drug-likeness (QED) is 0.792. The Balaban J connectivity index is 2.69. The molecule has 0 radical (unpaired) electrons. The number of aryl methyl sites for hydroxylation is 1. The number of ether oxygens (including phenoxy) is 1. The van der Waals surface area contributed by atoms with Crippen LogP contribution in [0.3, 0.4) is 0 Å². The SMILES string of the molecule is C=C(C)CNC(=O)Cc1cc(C)ccc1OC. The number of hydrogen-bond acceptors (Lipinski definition) is 2. The Labute approximate surface area is 102 Å². The Kier molecular flexibility index (Phi) is 4.76. The molecular formula is C14H19NO2. The lowest BCUT2D eigenvalue weighted by molar-refractivity contribution is -0.120. The van der Waals surface area contributed by atoms with Crippen LogP contribution >= 0.6 is 0 Å². The van der Waals surface area contributed by atoms with E-state index in [2.05, 4.69) is 11.9 Å². The van der Waals surface area contributed by atoms with Gasteiger partial charge in [-0.15, -0.1) is 0 Å². The van der Waals surface area contributed by atoms with Gasteiger partial charge in [0.25, 0.3) is 0 Å². The van der Waals surface area contributed by atoms with Gasteiger partial charge in [-0.05, 0) is 19.9 Å². The molecule has 0 fully saturated rings. The van der Waals surface area contributed by atoms with Gasteiger partial charge in [-0.3, -0.25) is 4.79 Å². The zero-order valence-corrected chi connectivity index (χ0v) is 10.7. The van der Waals surface area contributed by atoms with Crippen LogP contribution in [0.4, 0.5) is 0 Å². The largest absolute Gasteiger partial charge is 0.496 e. The minimum atomic E-state index is -0.0168. The van der Waals surface area contributed by atoms with E-state index in [1.807, 2.05) is 32.0 Å². The summed E-state index contributed by atoms with van der Waals surface area (Å²) in [5.41, 5.74) is 2.97. The van der Waals surface area contributed by atoms with Gasteiger partial charge in [0, 0.05) is 12.1 Å². The maximum atomic E-state index is 11.7. The van der Waals surface area contributed by atoms with Crippen molar-refractivity contribution in [2.24, 2.45) is 0 Å². The first-order valence-electron chi connectivity index (χ1n) is 5.57. The van der Waals surface area contributed by atoms with Crippen molar-refractivity contribution in [3.8, 4) is 5.75 Å². The van der Waals surface area contributed by atoms with Crippen molar-refractivity contribution < 1.29 is 9.53 Å². The lowest BCUT2D eigenvalue weighted by Gasteiger charge is -2.10. The van der Waals surface area contributed by atoms with Crippen molar-refractivity contribution in [3.05, 3.63) is 41.5 Å². The van der Waals surface area contributed by atoms with Crippen LogP contribution in [0.15, 0.2) is 30.4 Å². The van der Waals surface area contributed by atoms with Gasteiger partial charge < -0.3 is 10.1 Å². The first-order chi connectivity index (χ1) is 8.02. The van der Waals surface area contributed by atoms with E-state index in [1.165, 1.54) is 0 Å². The summed E-state index contributed by atoms with van der Waals surface area (Å²) in [5.74, 6) is 0.734. The van der Waals surface area contributed by atoms with Gasteiger partial charge in [-0.1, -0.05) is 29.8 Å². The Bertz CT molecular complexity index is 424. The molecule has 1 aromatic carbocycles. The molecule has 0 aliphatic heterocycles. The van der Waals surface area contributed by atoms with Gasteiger partial charge in [0.05, 0.1) is 13.5 Å². The van der Waals surface area contributed by atoms with Crippen molar-refractivity contribution in [1.29, 1.82) is 0 Å². The number of amides is 1. The molecule has 0 atom stereocenters. The number of rotatable bonds is 5. The molecule has 0 saturated carbocycles. The maximum absolute atomic E-state index is 11.7. The summed E-state index contributed by atoms with van der Waals surface area (Å²) in [5, 5.41) is 2.81. The minimum Gasteiger partial charge on any atom is -0.496 e. The molecule has 0 bridgehead atoms. The van der Waals surface area contributed by atoms with E-state index in [1.54, 1.807) is 7.11 Å². The molecule has 0 aliphatic rings. The zero-order valence-electron chi connectivity index (χ0n) is 10.7. The smallest absolute Gasteiger partial charge is 0.224 e. The van der Waals surface area contributed by atoms with E-state index >= 15 is 0 Å². The van der Waals surface area contributed by atoms with Crippen molar-refractivity contribution in [3.63, 3.8) is 0 Å². The summed E-state index contributed by atoms with van der Waals surface area (Å²) >= 11 is 0. The second kappa shape index (κ2) is 6.09. The lowest BCUT2D eigenvalue weighted by atomic mass is 10.1. The Hall–Kier alpha value is -1.77. The summed E-state index contributed by atoms with van der Waals surface area (Å²) in [6.07, 6.45) is 0.331.